The molecule has 0 saturated carbocycles. The van der Waals surface area contributed by atoms with Gasteiger partial charge in [0.2, 0.25) is 0 Å². The van der Waals surface area contributed by atoms with E-state index in [-0.39, 0.29) is 12.1 Å². The zero-order chi connectivity index (χ0) is 9.68. The van der Waals surface area contributed by atoms with Gasteiger partial charge in [-0.2, -0.15) is 0 Å². The summed E-state index contributed by atoms with van der Waals surface area (Å²) in [6, 6.07) is 7.19. The molecule has 0 saturated heterocycles. The van der Waals surface area contributed by atoms with Crippen LogP contribution in [-0.2, 0) is 0 Å². The Balaban J connectivity index is 0.000000381. The largest absolute Gasteiger partial charge is 0.412 e. The van der Waals surface area contributed by atoms with E-state index in [0.29, 0.717) is 11.0 Å². The topological polar surface area (TPSA) is 103 Å². The van der Waals surface area contributed by atoms with Crippen LogP contribution in [0.2, 0.25) is 0 Å². The van der Waals surface area contributed by atoms with Crippen molar-refractivity contribution < 1.29 is 15.8 Å². The van der Waals surface area contributed by atoms with Crippen molar-refractivity contribution in [2.24, 2.45) is 0 Å². The third-order valence-electron chi connectivity index (χ3n) is 1.33. The molecule has 0 spiro atoms. The van der Waals surface area contributed by atoms with Crippen molar-refractivity contribution in [3.8, 4) is 0 Å². The average molecular weight is 199 g/mol. The lowest BCUT2D eigenvalue weighted by Crippen LogP contribution is -1.90. The zero-order valence-electron chi connectivity index (χ0n) is 7.75. The van der Waals surface area contributed by atoms with E-state index < -0.39 is 0 Å². The molecule has 0 fully saturated rings. The first-order valence-electron chi connectivity index (χ1n) is 3.90. The number of hydrogen-bond acceptors (Lipinski definition) is 4. The van der Waals surface area contributed by atoms with E-state index in [4.69, 9.17) is 10.3 Å². The fourth-order valence-corrected chi connectivity index (χ4v) is 0.857. The number of aromatic nitrogens is 3. The monoisotopic (exact) mass is 199 g/mol. The number of rotatable bonds is 0. The average Bonchev–Trinajstić information content (AvgIpc) is 2.50. The van der Waals surface area contributed by atoms with Gasteiger partial charge in [0.05, 0.1) is 0 Å². The van der Waals surface area contributed by atoms with E-state index in [1.807, 2.05) is 12.1 Å². The standard InChI is InChI=1S/C6H5N3O.C2H6O.H2O/c10-9-6-4-2-1-3-5(6)7-8-9;1-2-3;/h1-4,10H;3H,2H2,1H3;1H2. The molecule has 6 nitrogen and oxygen atoms in total. The van der Waals surface area contributed by atoms with Gasteiger partial charge in [0, 0.05) is 6.61 Å². The molecule has 2 aromatic rings. The second-order valence-corrected chi connectivity index (χ2v) is 2.28. The highest BCUT2D eigenvalue weighted by Gasteiger charge is 1.98. The summed E-state index contributed by atoms with van der Waals surface area (Å²) >= 11 is 0. The first-order valence-corrected chi connectivity index (χ1v) is 3.90. The van der Waals surface area contributed by atoms with Crippen LogP contribution >= 0.6 is 0 Å². The Kier molecular flexibility index (Phi) is 5.20. The molecule has 78 valence electrons. The van der Waals surface area contributed by atoms with Crippen LogP contribution in [0.5, 0.6) is 0 Å². The molecule has 0 aliphatic heterocycles. The fraction of sp³-hybridized carbons (Fsp3) is 0.250. The quantitative estimate of drug-likeness (QED) is 0.575. The van der Waals surface area contributed by atoms with E-state index in [1.165, 1.54) is 0 Å². The van der Waals surface area contributed by atoms with Gasteiger partial charge in [0.15, 0.2) is 0 Å². The summed E-state index contributed by atoms with van der Waals surface area (Å²) in [4.78, 5) is 0.759. The number of aliphatic hydroxyl groups excluding tert-OH is 1. The van der Waals surface area contributed by atoms with Gasteiger partial charge in [-0.25, -0.2) is 0 Å². The highest BCUT2D eigenvalue weighted by atomic mass is 16.5. The molecule has 0 bridgehead atoms. The van der Waals surface area contributed by atoms with Crippen molar-refractivity contribution in [3.63, 3.8) is 0 Å². The molecule has 14 heavy (non-hydrogen) atoms. The van der Waals surface area contributed by atoms with E-state index in [0.717, 1.165) is 4.85 Å². The van der Waals surface area contributed by atoms with Gasteiger partial charge in [-0.1, -0.05) is 17.0 Å². The van der Waals surface area contributed by atoms with Gasteiger partial charge in [-0.15, -0.1) is 5.10 Å². The summed E-state index contributed by atoms with van der Waals surface area (Å²) in [6.07, 6.45) is 0. The van der Waals surface area contributed by atoms with Crippen molar-refractivity contribution in [2.45, 2.75) is 6.92 Å². The van der Waals surface area contributed by atoms with Crippen molar-refractivity contribution in [2.75, 3.05) is 6.61 Å². The SMILES string of the molecule is CCO.O.On1nnc2ccccc21. The predicted molar refractivity (Wildman–Crippen MR) is 51.1 cm³/mol. The second kappa shape index (κ2) is 5.90. The molecule has 0 aliphatic rings. The lowest BCUT2D eigenvalue weighted by Gasteiger charge is -1.85. The molecule has 1 aromatic carbocycles. The van der Waals surface area contributed by atoms with E-state index >= 15 is 0 Å². The zero-order valence-corrected chi connectivity index (χ0v) is 7.75. The molecule has 6 heteroatoms. The number of aliphatic hydroxyl groups is 1. The summed E-state index contributed by atoms with van der Waals surface area (Å²) in [6.45, 7) is 1.93. The minimum Gasteiger partial charge on any atom is -0.412 e. The Labute approximate surface area is 80.7 Å². The number of fused-ring (bicyclic) bond motifs is 1. The minimum atomic E-state index is 0. The first kappa shape index (κ1) is 12.3. The Morgan fingerprint density at radius 1 is 1.36 bits per heavy atom. The van der Waals surface area contributed by atoms with Crippen molar-refractivity contribution in [3.05, 3.63) is 24.3 Å². The van der Waals surface area contributed by atoms with Crippen LogP contribution in [0.3, 0.4) is 0 Å². The molecule has 0 amide bonds. The van der Waals surface area contributed by atoms with Crippen LogP contribution in [0.1, 0.15) is 6.92 Å². The maximum absolute atomic E-state index is 8.95. The molecule has 0 radical (unpaired) electrons. The molecule has 0 unspecified atom stereocenters. The van der Waals surface area contributed by atoms with Gasteiger partial charge in [0.1, 0.15) is 11.0 Å². The molecule has 0 atom stereocenters. The molecular formula is C8H13N3O3. The summed E-state index contributed by atoms with van der Waals surface area (Å²) in [5, 5.41) is 23.6. The van der Waals surface area contributed by atoms with E-state index in [9.17, 15) is 0 Å². The van der Waals surface area contributed by atoms with Crippen LogP contribution in [0.25, 0.3) is 11.0 Å². The van der Waals surface area contributed by atoms with Crippen LogP contribution < -0.4 is 0 Å². The fourth-order valence-electron chi connectivity index (χ4n) is 0.857. The lowest BCUT2D eigenvalue weighted by atomic mass is 10.3. The molecule has 4 N–H and O–H groups in total. The minimum absolute atomic E-state index is 0. The summed E-state index contributed by atoms with van der Waals surface area (Å²) in [5.41, 5.74) is 1.33. The van der Waals surface area contributed by atoms with Crippen molar-refractivity contribution >= 4 is 11.0 Å². The predicted octanol–water partition coefficient (Wildman–Crippen LogP) is -0.158. The van der Waals surface area contributed by atoms with Gasteiger partial charge in [0.25, 0.3) is 0 Å². The van der Waals surface area contributed by atoms with Crippen molar-refractivity contribution in [1.82, 2.24) is 15.2 Å². The van der Waals surface area contributed by atoms with Crippen LogP contribution in [0.4, 0.5) is 0 Å². The third kappa shape index (κ3) is 2.68. The highest BCUT2D eigenvalue weighted by Crippen LogP contribution is 2.06. The van der Waals surface area contributed by atoms with E-state index in [1.54, 1.807) is 19.1 Å². The van der Waals surface area contributed by atoms with Crippen LogP contribution in [0.15, 0.2) is 24.3 Å². The van der Waals surface area contributed by atoms with Gasteiger partial charge in [-0.05, 0) is 24.3 Å². The molecular weight excluding hydrogens is 186 g/mol. The van der Waals surface area contributed by atoms with Gasteiger partial charge in [-0.3, -0.25) is 0 Å². The Hall–Kier alpha value is -1.66. The van der Waals surface area contributed by atoms with Crippen LogP contribution in [0, 0.1) is 0 Å². The number of nitrogens with zero attached hydrogens (tertiary/aromatic N) is 3. The van der Waals surface area contributed by atoms with Crippen LogP contribution in [-0.4, -0.2) is 37.6 Å². The maximum Gasteiger partial charge on any atom is 0.130 e. The summed E-state index contributed by atoms with van der Waals surface area (Å²) < 4.78 is 0. The van der Waals surface area contributed by atoms with Gasteiger partial charge >= 0.3 is 0 Å². The first-order chi connectivity index (χ1) is 6.29. The second-order valence-electron chi connectivity index (χ2n) is 2.28. The molecule has 1 aromatic heterocycles. The highest BCUT2D eigenvalue weighted by molar-refractivity contribution is 5.73. The van der Waals surface area contributed by atoms with E-state index in [2.05, 4.69) is 10.3 Å². The molecule has 0 aliphatic carbocycles. The Morgan fingerprint density at radius 2 is 1.93 bits per heavy atom. The lowest BCUT2D eigenvalue weighted by molar-refractivity contribution is 0.155. The van der Waals surface area contributed by atoms with Gasteiger partial charge < -0.3 is 15.8 Å². The van der Waals surface area contributed by atoms with Crippen molar-refractivity contribution in [1.29, 1.82) is 0 Å². The molecule has 2 rings (SSSR count). The number of benzene rings is 1. The molecule has 1 heterocycles. The number of para-hydroxylation sites is 1. The Morgan fingerprint density at radius 3 is 2.50 bits per heavy atom. The smallest absolute Gasteiger partial charge is 0.130 e. The summed E-state index contributed by atoms with van der Waals surface area (Å²) in [7, 11) is 0. The number of hydrogen-bond donors (Lipinski definition) is 2. The normalized spacial score (nSPS) is 8.71. The third-order valence-corrected chi connectivity index (χ3v) is 1.33. The maximum atomic E-state index is 8.95. The Bertz CT molecular complexity index is 375. The summed E-state index contributed by atoms with van der Waals surface area (Å²) in [5.74, 6) is 0.